The van der Waals surface area contributed by atoms with Gasteiger partial charge in [-0.25, -0.2) is 4.39 Å². The largest absolute Gasteiger partial charge is 0.493 e. The number of fused-ring (bicyclic) bond motifs is 1. The van der Waals surface area contributed by atoms with E-state index in [4.69, 9.17) is 9.47 Å². The lowest BCUT2D eigenvalue weighted by atomic mass is 9.68. The number of unbranched alkanes of at least 4 members (excludes halogenated alkanes) is 1. The fraction of sp³-hybridized carbons (Fsp3) is 0.468. The highest BCUT2D eigenvalue weighted by Gasteiger charge is 2.35. The molecule has 306 valence electrons. The quantitative estimate of drug-likeness (QED) is 0.0775. The fourth-order valence-corrected chi connectivity index (χ4v) is 8.25. The summed E-state index contributed by atoms with van der Waals surface area (Å²) in [4.78, 5) is 15.6. The van der Waals surface area contributed by atoms with E-state index in [1.807, 2.05) is 0 Å². The number of rotatable bonds is 22. The van der Waals surface area contributed by atoms with Crippen molar-refractivity contribution in [1.29, 1.82) is 0 Å². The number of carbonyl (C=O) groups excluding carboxylic acids is 1. The second kappa shape index (κ2) is 24.2. The zero-order valence-corrected chi connectivity index (χ0v) is 35.5. The molecule has 5 rings (SSSR count). The van der Waals surface area contributed by atoms with Gasteiger partial charge in [0.05, 0.1) is 14.2 Å². The smallest absolute Gasteiger partial charge is 0.220 e. The average molecular weight is 809 g/mol. The van der Waals surface area contributed by atoms with Gasteiger partial charge in [0, 0.05) is 31.0 Å². The van der Waals surface area contributed by atoms with Crippen LogP contribution >= 0.6 is 24.8 Å². The molecule has 1 unspecified atom stereocenters. The fourth-order valence-electron chi connectivity index (χ4n) is 8.25. The maximum atomic E-state index is 13.3. The molecule has 0 spiro atoms. The molecule has 0 radical (unpaired) electrons. The van der Waals surface area contributed by atoms with Crippen LogP contribution in [0.2, 0.25) is 0 Å². The Morgan fingerprint density at radius 3 is 2.07 bits per heavy atom. The first kappa shape index (κ1) is 46.8. The van der Waals surface area contributed by atoms with E-state index in [0.29, 0.717) is 31.3 Å². The topological polar surface area (TPSA) is 62.8 Å². The summed E-state index contributed by atoms with van der Waals surface area (Å²) in [5, 5.41) is 6.80. The Morgan fingerprint density at radius 1 is 0.821 bits per heavy atom. The molecule has 0 aromatic heterocycles. The van der Waals surface area contributed by atoms with Crippen LogP contribution in [0.1, 0.15) is 99.1 Å². The van der Waals surface area contributed by atoms with E-state index in [1.54, 1.807) is 26.4 Å². The predicted octanol–water partition coefficient (Wildman–Crippen LogP) is 10.3. The van der Waals surface area contributed by atoms with Crippen molar-refractivity contribution in [3.63, 3.8) is 0 Å². The van der Waals surface area contributed by atoms with Crippen molar-refractivity contribution in [3.05, 3.63) is 131 Å². The van der Waals surface area contributed by atoms with Crippen molar-refractivity contribution in [1.82, 2.24) is 15.5 Å². The van der Waals surface area contributed by atoms with Gasteiger partial charge in [0.2, 0.25) is 5.91 Å². The maximum absolute atomic E-state index is 13.3. The molecule has 4 aromatic rings. The van der Waals surface area contributed by atoms with Crippen LogP contribution < -0.4 is 20.1 Å². The summed E-state index contributed by atoms with van der Waals surface area (Å²) in [5.41, 5.74) is 6.17. The number of ether oxygens (including phenoxy) is 2. The first-order valence-electron chi connectivity index (χ1n) is 20.1. The molecule has 56 heavy (non-hydrogen) atoms. The van der Waals surface area contributed by atoms with Crippen LogP contribution in [-0.4, -0.2) is 57.8 Å². The summed E-state index contributed by atoms with van der Waals surface area (Å²) in [5.74, 6) is 2.04. The zero-order chi connectivity index (χ0) is 38.2. The number of hydrogen-bond acceptors (Lipinski definition) is 5. The van der Waals surface area contributed by atoms with Crippen LogP contribution in [0.5, 0.6) is 11.5 Å². The number of nitrogens with one attached hydrogen (secondary N) is 2. The third-order valence-electron chi connectivity index (χ3n) is 11.1. The SMILES string of the molecule is COc1cc2c(cc1OC)C(CCCCNCC(C)C)N(CCCC(CCCNC(=O)CCc1ccc(F)cc1)(c1ccccc1)c1ccccc1)CC2.Cl.Cl. The van der Waals surface area contributed by atoms with Gasteiger partial charge in [0.25, 0.3) is 0 Å². The molecule has 1 atom stereocenters. The average Bonchev–Trinajstić information content (AvgIpc) is 3.20. The minimum atomic E-state index is -0.257. The highest BCUT2D eigenvalue weighted by Crippen LogP contribution is 2.43. The lowest BCUT2D eigenvalue weighted by Crippen LogP contribution is -2.37. The van der Waals surface area contributed by atoms with Crippen molar-refractivity contribution in [3.8, 4) is 11.5 Å². The number of aryl methyl sites for hydroxylation is 1. The third-order valence-corrected chi connectivity index (χ3v) is 11.1. The van der Waals surface area contributed by atoms with Crippen molar-refractivity contribution in [2.24, 2.45) is 5.92 Å². The van der Waals surface area contributed by atoms with E-state index in [2.05, 4.69) is 102 Å². The Bertz CT molecular complexity index is 1670. The van der Waals surface area contributed by atoms with E-state index in [-0.39, 0.29) is 42.0 Å². The molecule has 0 saturated carbocycles. The summed E-state index contributed by atoms with van der Waals surface area (Å²) in [7, 11) is 3.45. The number of methoxy groups -OCH3 is 2. The lowest BCUT2D eigenvalue weighted by Gasteiger charge is -2.40. The molecular formula is C47H64Cl2FN3O3. The molecule has 0 fully saturated rings. The second-order valence-corrected chi connectivity index (χ2v) is 15.3. The number of halogens is 3. The van der Waals surface area contributed by atoms with Crippen LogP contribution in [-0.2, 0) is 23.1 Å². The molecule has 0 bridgehead atoms. The molecule has 0 aliphatic carbocycles. The van der Waals surface area contributed by atoms with Crippen molar-refractivity contribution >= 4 is 30.7 Å². The molecule has 4 aromatic carbocycles. The molecule has 6 nitrogen and oxygen atoms in total. The van der Waals surface area contributed by atoms with Crippen LogP contribution in [0.15, 0.2) is 97.1 Å². The second-order valence-electron chi connectivity index (χ2n) is 15.3. The van der Waals surface area contributed by atoms with Crippen molar-refractivity contribution < 1.29 is 18.7 Å². The number of hydrogen-bond donors (Lipinski definition) is 2. The summed E-state index contributed by atoms with van der Waals surface area (Å²) >= 11 is 0. The third kappa shape index (κ3) is 13.2. The van der Waals surface area contributed by atoms with E-state index < -0.39 is 0 Å². The Kier molecular flexibility index (Phi) is 20.2. The van der Waals surface area contributed by atoms with E-state index in [9.17, 15) is 9.18 Å². The highest BCUT2D eigenvalue weighted by molar-refractivity contribution is 5.85. The summed E-state index contributed by atoms with van der Waals surface area (Å²) in [6.07, 6.45) is 9.23. The van der Waals surface area contributed by atoms with E-state index in [1.165, 1.54) is 34.4 Å². The molecule has 1 aliphatic rings. The van der Waals surface area contributed by atoms with Crippen LogP contribution in [0.25, 0.3) is 0 Å². The lowest BCUT2D eigenvalue weighted by molar-refractivity contribution is -0.121. The molecule has 1 aliphatic heterocycles. The Labute approximate surface area is 348 Å². The number of nitrogens with zero attached hydrogens (tertiary/aromatic N) is 1. The zero-order valence-electron chi connectivity index (χ0n) is 33.9. The molecule has 1 heterocycles. The van der Waals surface area contributed by atoms with Gasteiger partial charge in [0.15, 0.2) is 11.5 Å². The summed E-state index contributed by atoms with van der Waals surface area (Å²) < 4.78 is 24.8. The Hall–Kier alpha value is -3.62. The van der Waals surface area contributed by atoms with E-state index in [0.717, 1.165) is 94.6 Å². The molecule has 0 saturated heterocycles. The van der Waals surface area contributed by atoms with Gasteiger partial charge in [-0.1, -0.05) is 93.1 Å². The molecular weight excluding hydrogens is 744 g/mol. The van der Waals surface area contributed by atoms with Crippen molar-refractivity contribution in [2.45, 2.75) is 89.5 Å². The molecule has 1 amide bonds. The van der Waals surface area contributed by atoms with Crippen LogP contribution in [0, 0.1) is 11.7 Å². The van der Waals surface area contributed by atoms with Gasteiger partial charge in [0.1, 0.15) is 5.82 Å². The number of amides is 1. The predicted molar refractivity (Wildman–Crippen MR) is 233 cm³/mol. The highest BCUT2D eigenvalue weighted by atomic mass is 35.5. The maximum Gasteiger partial charge on any atom is 0.220 e. The number of carbonyl (C=O) groups is 1. The van der Waals surface area contributed by atoms with Gasteiger partial charge in [-0.2, -0.15) is 0 Å². The van der Waals surface area contributed by atoms with Crippen molar-refractivity contribution in [2.75, 3.05) is 46.9 Å². The Balaban J connectivity index is 0.00000420. The first-order chi connectivity index (χ1) is 26.3. The van der Waals surface area contributed by atoms with Crippen LogP contribution in [0.4, 0.5) is 4.39 Å². The summed E-state index contributed by atoms with van der Waals surface area (Å²) in [6, 6.07) is 33.1. The van der Waals surface area contributed by atoms with E-state index >= 15 is 0 Å². The van der Waals surface area contributed by atoms with Gasteiger partial charge in [-0.05, 0) is 129 Å². The van der Waals surface area contributed by atoms with Gasteiger partial charge < -0.3 is 20.1 Å². The standard InChI is InChI=1S/C47H62FN3O3.2ClH/c1-36(2)35-49-29-12-11-19-43-42-34-45(54-4)44(53-3)33-38(42)26-32-51(43)31-14-28-47(39-15-7-5-8-16-39,40-17-9-6-10-18-40)27-13-30-50-46(52)25-22-37-20-23-41(48)24-21-37;;/h5-10,15-18,20-21,23-24,33-34,36,43,49H,11-14,19,22,25-32,35H2,1-4H3,(H,50,52);2*1H. The number of benzene rings is 4. The molecule has 2 N–H and O–H groups in total. The van der Waals surface area contributed by atoms with Gasteiger partial charge in [-0.3, -0.25) is 9.69 Å². The summed E-state index contributed by atoms with van der Waals surface area (Å²) in [6.45, 7) is 9.27. The monoisotopic (exact) mass is 807 g/mol. The van der Waals surface area contributed by atoms with Crippen LogP contribution in [0.3, 0.4) is 0 Å². The first-order valence-corrected chi connectivity index (χ1v) is 20.1. The van der Waals surface area contributed by atoms with Gasteiger partial charge >= 0.3 is 0 Å². The van der Waals surface area contributed by atoms with Gasteiger partial charge in [-0.15, -0.1) is 24.8 Å². The Morgan fingerprint density at radius 2 is 1.45 bits per heavy atom. The normalized spacial score (nSPS) is 14.0. The molecule has 9 heteroatoms. The minimum Gasteiger partial charge on any atom is -0.493 e. The minimum absolute atomic E-state index is 0.